The van der Waals surface area contributed by atoms with Gasteiger partial charge in [-0.2, -0.15) is 0 Å². The quantitative estimate of drug-likeness (QED) is 0.659. The molecule has 29 heavy (non-hydrogen) atoms. The number of amides is 1. The molecule has 1 heterocycles. The van der Waals surface area contributed by atoms with E-state index in [1.54, 1.807) is 40.6 Å². The lowest BCUT2D eigenvalue weighted by molar-refractivity contribution is -0.126. The van der Waals surface area contributed by atoms with E-state index in [9.17, 15) is 4.79 Å². The van der Waals surface area contributed by atoms with Crippen molar-refractivity contribution in [2.24, 2.45) is 0 Å². The Morgan fingerprint density at radius 2 is 1.69 bits per heavy atom. The molecule has 6 heteroatoms. The summed E-state index contributed by atoms with van der Waals surface area (Å²) in [5.41, 5.74) is 1.87. The van der Waals surface area contributed by atoms with Gasteiger partial charge in [0.05, 0.1) is 34.5 Å². The van der Waals surface area contributed by atoms with Gasteiger partial charge in [0.1, 0.15) is 11.5 Å². The number of methoxy groups -OCH3 is 4. The number of hydrogen-bond donors (Lipinski definition) is 0. The molecule has 1 unspecified atom stereocenters. The third-order valence-corrected chi connectivity index (χ3v) is 5.16. The Labute approximate surface area is 171 Å². The summed E-state index contributed by atoms with van der Waals surface area (Å²) in [4.78, 5) is 14.8. The maximum absolute atomic E-state index is 12.9. The maximum atomic E-state index is 12.9. The van der Waals surface area contributed by atoms with Crippen molar-refractivity contribution >= 4 is 12.0 Å². The maximum Gasteiger partial charge on any atom is 0.247 e. The van der Waals surface area contributed by atoms with Gasteiger partial charge in [-0.15, -0.1) is 0 Å². The molecule has 0 aliphatic carbocycles. The summed E-state index contributed by atoms with van der Waals surface area (Å²) < 4.78 is 21.4. The van der Waals surface area contributed by atoms with Crippen LogP contribution in [-0.4, -0.2) is 45.8 Å². The first-order chi connectivity index (χ1) is 14.1. The Bertz CT molecular complexity index is 893. The zero-order chi connectivity index (χ0) is 20.8. The fourth-order valence-electron chi connectivity index (χ4n) is 3.67. The molecule has 2 aromatic carbocycles. The van der Waals surface area contributed by atoms with Gasteiger partial charge < -0.3 is 23.8 Å². The van der Waals surface area contributed by atoms with E-state index in [-0.39, 0.29) is 11.9 Å². The topological polar surface area (TPSA) is 57.2 Å². The van der Waals surface area contributed by atoms with Crippen LogP contribution in [0.1, 0.15) is 30.0 Å². The molecule has 0 bridgehead atoms. The number of benzene rings is 2. The molecule has 0 aromatic heterocycles. The molecule has 0 N–H and O–H groups in total. The number of carbonyl (C=O) groups is 1. The van der Waals surface area contributed by atoms with Gasteiger partial charge >= 0.3 is 0 Å². The Morgan fingerprint density at radius 3 is 2.38 bits per heavy atom. The highest BCUT2D eigenvalue weighted by molar-refractivity contribution is 5.92. The average molecular weight is 397 g/mol. The third-order valence-electron chi connectivity index (χ3n) is 5.16. The molecular formula is C23H27NO5. The Balaban J connectivity index is 1.79. The highest BCUT2D eigenvalue weighted by atomic mass is 16.5. The van der Waals surface area contributed by atoms with Crippen molar-refractivity contribution in [3.05, 3.63) is 53.6 Å². The zero-order valence-corrected chi connectivity index (χ0v) is 17.3. The van der Waals surface area contributed by atoms with Crippen molar-refractivity contribution in [3.8, 4) is 23.0 Å². The van der Waals surface area contributed by atoms with Crippen LogP contribution in [0, 0.1) is 0 Å². The molecule has 154 valence electrons. The van der Waals surface area contributed by atoms with Crippen molar-refractivity contribution in [3.63, 3.8) is 0 Å². The molecule has 1 fully saturated rings. The second kappa shape index (κ2) is 9.37. The number of nitrogens with zero attached hydrogens (tertiary/aromatic N) is 1. The largest absolute Gasteiger partial charge is 0.497 e. The summed E-state index contributed by atoms with van der Waals surface area (Å²) in [6.07, 6.45) is 5.26. The van der Waals surface area contributed by atoms with Crippen molar-refractivity contribution in [1.29, 1.82) is 0 Å². The van der Waals surface area contributed by atoms with Gasteiger partial charge in [0.25, 0.3) is 0 Å². The van der Waals surface area contributed by atoms with Crippen LogP contribution in [-0.2, 0) is 4.79 Å². The van der Waals surface area contributed by atoms with E-state index in [1.807, 2.05) is 41.3 Å². The highest BCUT2D eigenvalue weighted by Gasteiger charge is 2.31. The molecule has 3 rings (SSSR count). The summed E-state index contributed by atoms with van der Waals surface area (Å²) in [7, 11) is 6.45. The second-order valence-electron chi connectivity index (χ2n) is 6.75. The third kappa shape index (κ3) is 4.47. The number of ether oxygens (including phenoxy) is 4. The van der Waals surface area contributed by atoms with E-state index in [2.05, 4.69) is 0 Å². The number of hydrogen-bond acceptors (Lipinski definition) is 5. The summed E-state index contributed by atoms with van der Waals surface area (Å²) >= 11 is 0. The first-order valence-electron chi connectivity index (χ1n) is 9.54. The highest BCUT2D eigenvalue weighted by Crippen LogP contribution is 2.39. The van der Waals surface area contributed by atoms with Crippen LogP contribution >= 0.6 is 0 Å². The lowest BCUT2D eigenvalue weighted by atomic mass is 10.0. The summed E-state index contributed by atoms with van der Waals surface area (Å²) in [6.45, 7) is 0.717. The number of rotatable bonds is 7. The van der Waals surface area contributed by atoms with Gasteiger partial charge in [0, 0.05) is 24.3 Å². The summed E-state index contributed by atoms with van der Waals surface area (Å²) in [5.74, 6) is 2.72. The minimum atomic E-state index is -0.0276. The van der Waals surface area contributed by atoms with Gasteiger partial charge in [0.2, 0.25) is 5.91 Å². The van der Waals surface area contributed by atoms with Crippen molar-refractivity contribution in [1.82, 2.24) is 4.90 Å². The molecule has 1 aliphatic heterocycles. The van der Waals surface area contributed by atoms with Crippen molar-refractivity contribution in [2.45, 2.75) is 18.9 Å². The molecule has 2 aromatic rings. The van der Waals surface area contributed by atoms with Crippen LogP contribution in [0.25, 0.3) is 6.08 Å². The minimum absolute atomic E-state index is 0.0154. The van der Waals surface area contributed by atoms with Gasteiger partial charge in [-0.25, -0.2) is 0 Å². The lowest BCUT2D eigenvalue weighted by Crippen LogP contribution is -2.29. The van der Waals surface area contributed by atoms with Crippen LogP contribution in [0.15, 0.2) is 42.5 Å². The Morgan fingerprint density at radius 1 is 0.931 bits per heavy atom. The molecule has 0 spiro atoms. The van der Waals surface area contributed by atoms with Crippen LogP contribution in [0.2, 0.25) is 0 Å². The Hall–Kier alpha value is -3.15. The van der Waals surface area contributed by atoms with E-state index >= 15 is 0 Å². The van der Waals surface area contributed by atoms with Crippen molar-refractivity contribution in [2.75, 3.05) is 35.0 Å². The molecule has 1 saturated heterocycles. The lowest BCUT2D eigenvalue weighted by Gasteiger charge is -2.25. The first-order valence-corrected chi connectivity index (χ1v) is 9.54. The fraction of sp³-hybridized carbons (Fsp3) is 0.348. The van der Waals surface area contributed by atoms with Gasteiger partial charge in [-0.3, -0.25) is 4.79 Å². The zero-order valence-electron chi connectivity index (χ0n) is 17.3. The fourth-order valence-corrected chi connectivity index (χ4v) is 3.67. The van der Waals surface area contributed by atoms with Crippen LogP contribution in [0.5, 0.6) is 23.0 Å². The van der Waals surface area contributed by atoms with Crippen LogP contribution < -0.4 is 18.9 Å². The number of likely N-dealkylation sites (tertiary alicyclic amines) is 1. The smallest absolute Gasteiger partial charge is 0.247 e. The van der Waals surface area contributed by atoms with Crippen LogP contribution in [0.3, 0.4) is 0 Å². The van der Waals surface area contributed by atoms with E-state index in [4.69, 9.17) is 18.9 Å². The van der Waals surface area contributed by atoms with Gasteiger partial charge in [-0.05, 0) is 48.7 Å². The average Bonchev–Trinajstić information content (AvgIpc) is 3.26. The first kappa shape index (κ1) is 20.6. The summed E-state index contributed by atoms with van der Waals surface area (Å²) in [5, 5.41) is 0. The second-order valence-corrected chi connectivity index (χ2v) is 6.75. The minimum Gasteiger partial charge on any atom is -0.497 e. The predicted molar refractivity (Wildman–Crippen MR) is 112 cm³/mol. The molecule has 1 aliphatic rings. The van der Waals surface area contributed by atoms with E-state index in [0.29, 0.717) is 11.5 Å². The molecule has 1 amide bonds. The molecule has 0 saturated carbocycles. The van der Waals surface area contributed by atoms with Gasteiger partial charge in [-0.1, -0.05) is 6.07 Å². The van der Waals surface area contributed by atoms with Gasteiger partial charge in [0.15, 0.2) is 11.5 Å². The van der Waals surface area contributed by atoms with E-state index < -0.39 is 0 Å². The Kier molecular flexibility index (Phi) is 6.65. The molecule has 1 atom stereocenters. The predicted octanol–water partition coefficient (Wildman–Crippen LogP) is 4.10. The van der Waals surface area contributed by atoms with Crippen molar-refractivity contribution < 1.29 is 23.7 Å². The number of carbonyl (C=O) groups excluding carboxylic acids is 1. The standard InChI is InChI=1S/C23H27NO5/c1-26-17-9-10-18(21(15-17)28-3)19-6-5-13-24(19)23(25)12-8-16-7-11-20(27-2)22(14-16)29-4/h7-12,14-15,19H,5-6,13H2,1-4H3. The molecule has 6 nitrogen and oxygen atoms in total. The monoisotopic (exact) mass is 397 g/mol. The molecule has 0 radical (unpaired) electrons. The van der Waals surface area contributed by atoms with E-state index in [0.717, 1.165) is 42.0 Å². The van der Waals surface area contributed by atoms with Crippen LogP contribution in [0.4, 0.5) is 0 Å². The normalized spacial score (nSPS) is 16.1. The SMILES string of the molecule is COc1ccc(C2CCCN2C(=O)C=Cc2ccc(OC)c(OC)c2)c(OC)c1. The van der Waals surface area contributed by atoms with E-state index in [1.165, 1.54) is 0 Å². The molecular weight excluding hydrogens is 370 g/mol. The summed E-state index contributed by atoms with van der Waals surface area (Å²) in [6, 6.07) is 11.3.